The van der Waals surface area contributed by atoms with Crippen LogP contribution >= 0.6 is 24.0 Å². The second-order valence-electron chi connectivity index (χ2n) is 6.92. The minimum absolute atomic E-state index is 0. The number of halogens is 1. The van der Waals surface area contributed by atoms with Crippen molar-refractivity contribution in [2.45, 2.75) is 13.3 Å². The Kier molecular flexibility index (Phi) is 12.8. The maximum Gasteiger partial charge on any atom is 0.193 e. The van der Waals surface area contributed by atoms with Crippen LogP contribution in [-0.4, -0.2) is 114 Å². The summed E-state index contributed by atoms with van der Waals surface area (Å²) in [5.41, 5.74) is 0. The maximum absolute atomic E-state index is 5.68. The second kappa shape index (κ2) is 13.9. The molecule has 0 radical (unpaired) electrons. The Morgan fingerprint density at radius 3 is 2.50 bits per heavy atom. The van der Waals surface area contributed by atoms with Gasteiger partial charge in [-0.3, -0.25) is 9.89 Å². The molecular formula is C18H38IN5O2. The molecule has 0 aromatic rings. The van der Waals surface area contributed by atoms with Crippen LogP contribution in [0.4, 0.5) is 0 Å². The number of ether oxygens (including phenoxy) is 2. The summed E-state index contributed by atoms with van der Waals surface area (Å²) in [6.45, 7) is 14.5. The minimum atomic E-state index is 0. The Morgan fingerprint density at radius 2 is 1.85 bits per heavy atom. The molecule has 0 aromatic carbocycles. The van der Waals surface area contributed by atoms with Crippen LogP contribution < -0.4 is 5.32 Å². The van der Waals surface area contributed by atoms with Crippen LogP contribution in [0.2, 0.25) is 0 Å². The van der Waals surface area contributed by atoms with E-state index >= 15 is 0 Å². The lowest BCUT2D eigenvalue weighted by Gasteiger charge is -2.34. The molecule has 2 aliphatic rings. The molecule has 2 saturated heterocycles. The fourth-order valence-corrected chi connectivity index (χ4v) is 3.54. The zero-order valence-corrected chi connectivity index (χ0v) is 19.1. The van der Waals surface area contributed by atoms with Gasteiger partial charge in [-0.15, -0.1) is 24.0 Å². The Labute approximate surface area is 176 Å². The summed E-state index contributed by atoms with van der Waals surface area (Å²) in [6.07, 6.45) is 1.17. The fraction of sp³-hybridized carbons (Fsp3) is 0.944. The number of nitrogens with one attached hydrogen (secondary N) is 1. The number of piperazine rings is 1. The van der Waals surface area contributed by atoms with E-state index in [1.54, 1.807) is 7.11 Å². The van der Waals surface area contributed by atoms with Crippen LogP contribution in [0.1, 0.15) is 13.3 Å². The van der Waals surface area contributed by atoms with E-state index in [1.807, 2.05) is 7.05 Å². The number of nitrogens with zero attached hydrogens (tertiary/aromatic N) is 4. The number of likely N-dealkylation sites (tertiary alicyclic amines) is 1. The topological polar surface area (TPSA) is 52.6 Å². The van der Waals surface area contributed by atoms with E-state index < -0.39 is 0 Å². The standard InChI is InChI=1S/C18H37N5O2.HI/c1-4-21-9-11-22(12-10-21)8-6-20-18(19-2)23-7-5-17(15-23)16-25-14-13-24-3;/h17H,4-16H2,1-3H3,(H,19,20);1H. The lowest BCUT2D eigenvalue weighted by atomic mass is 10.1. The molecule has 0 aromatic heterocycles. The normalized spacial score (nSPS) is 22.5. The average Bonchev–Trinajstić information content (AvgIpc) is 3.11. The molecule has 1 unspecified atom stereocenters. The SMILES string of the molecule is CCN1CCN(CCNC(=NC)N2CCC(COCCOC)C2)CC1.I. The molecule has 2 aliphatic heterocycles. The summed E-state index contributed by atoms with van der Waals surface area (Å²) in [7, 11) is 3.59. The van der Waals surface area contributed by atoms with Crippen LogP contribution in [0, 0.1) is 5.92 Å². The van der Waals surface area contributed by atoms with E-state index in [4.69, 9.17) is 9.47 Å². The third-order valence-corrected chi connectivity index (χ3v) is 5.21. The van der Waals surface area contributed by atoms with Crippen molar-refractivity contribution in [1.29, 1.82) is 0 Å². The third-order valence-electron chi connectivity index (χ3n) is 5.21. The predicted octanol–water partition coefficient (Wildman–Crippen LogP) is 0.802. The van der Waals surface area contributed by atoms with Gasteiger partial charge in [0.1, 0.15) is 0 Å². The molecule has 8 heteroatoms. The first-order valence-corrected chi connectivity index (χ1v) is 9.73. The molecule has 2 heterocycles. The number of hydrogen-bond acceptors (Lipinski definition) is 5. The van der Waals surface area contributed by atoms with Crippen LogP contribution in [0.15, 0.2) is 4.99 Å². The van der Waals surface area contributed by atoms with Gasteiger partial charge in [-0.2, -0.15) is 0 Å². The first kappa shape index (κ1) is 23.9. The Balaban J connectivity index is 0.00000338. The first-order chi connectivity index (χ1) is 12.3. The summed E-state index contributed by atoms with van der Waals surface area (Å²) in [5, 5.41) is 3.54. The number of aliphatic imine (C=N–C) groups is 1. The van der Waals surface area contributed by atoms with E-state index in [0.717, 1.165) is 38.7 Å². The van der Waals surface area contributed by atoms with Crippen molar-refractivity contribution in [3.05, 3.63) is 0 Å². The lowest BCUT2D eigenvalue weighted by Crippen LogP contribution is -2.49. The number of guanidine groups is 1. The molecule has 2 rings (SSSR count). The van der Waals surface area contributed by atoms with E-state index in [-0.39, 0.29) is 24.0 Å². The maximum atomic E-state index is 5.68. The Morgan fingerprint density at radius 1 is 1.12 bits per heavy atom. The summed E-state index contributed by atoms with van der Waals surface area (Å²) in [5.74, 6) is 1.63. The second-order valence-corrected chi connectivity index (χ2v) is 6.92. The van der Waals surface area contributed by atoms with Crippen LogP contribution in [0.25, 0.3) is 0 Å². The van der Waals surface area contributed by atoms with E-state index in [0.29, 0.717) is 19.1 Å². The van der Waals surface area contributed by atoms with Gasteiger partial charge in [0.25, 0.3) is 0 Å². The molecule has 154 valence electrons. The van der Waals surface area contributed by atoms with Crippen molar-refractivity contribution in [1.82, 2.24) is 20.0 Å². The van der Waals surface area contributed by atoms with Gasteiger partial charge in [-0.1, -0.05) is 6.92 Å². The predicted molar refractivity (Wildman–Crippen MR) is 118 cm³/mol. The van der Waals surface area contributed by atoms with Gasteiger partial charge >= 0.3 is 0 Å². The highest BCUT2D eigenvalue weighted by Crippen LogP contribution is 2.16. The summed E-state index contributed by atoms with van der Waals surface area (Å²) in [6, 6.07) is 0. The van der Waals surface area contributed by atoms with Gasteiger partial charge in [0, 0.05) is 72.4 Å². The number of likely N-dealkylation sites (N-methyl/N-ethyl adjacent to an activating group) is 1. The molecule has 0 bridgehead atoms. The molecular weight excluding hydrogens is 445 g/mol. The van der Waals surface area contributed by atoms with E-state index in [1.165, 1.54) is 39.1 Å². The van der Waals surface area contributed by atoms with Crippen molar-refractivity contribution in [3.8, 4) is 0 Å². The molecule has 0 spiro atoms. The summed E-state index contributed by atoms with van der Waals surface area (Å²) in [4.78, 5) is 11.9. The molecule has 1 atom stereocenters. The number of rotatable bonds is 9. The van der Waals surface area contributed by atoms with Crippen LogP contribution in [0.5, 0.6) is 0 Å². The summed E-state index contributed by atoms with van der Waals surface area (Å²) >= 11 is 0. The quantitative estimate of drug-likeness (QED) is 0.227. The molecule has 0 aliphatic carbocycles. The van der Waals surface area contributed by atoms with Gasteiger partial charge in [-0.25, -0.2) is 0 Å². The van der Waals surface area contributed by atoms with Crippen molar-refractivity contribution in [3.63, 3.8) is 0 Å². The monoisotopic (exact) mass is 483 g/mol. The van der Waals surface area contributed by atoms with Gasteiger partial charge in [0.15, 0.2) is 5.96 Å². The number of methoxy groups -OCH3 is 1. The minimum Gasteiger partial charge on any atom is -0.382 e. The van der Waals surface area contributed by atoms with Gasteiger partial charge < -0.3 is 24.6 Å². The van der Waals surface area contributed by atoms with E-state index in [2.05, 4.69) is 31.9 Å². The van der Waals surface area contributed by atoms with Crippen molar-refractivity contribution < 1.29 is 9.47 Å². The van der Waals surface area contributed by atoms with Gasteiger partial charge in [0.2, 0.25) is 0 Å². The molecule has 7 nitrogen and oxygen atoms in total. The Hall–Kier alpha value is -0.160. The summed E-state index contributed by atoms with van der Waals surface area (Å²) < 4.78 is 10.7. The van der Waals surface area contributed by atoms with Crippen LogP contribution in [-0.2, 0) is 9.47 Å². The molecule has 0 amide bonds. The van der Waals surface area contributed by atoms with Gasteiger partial charge in [-0.05, 0) is 13.0 Å². The average molecular weight is 483 g/mol. The van der Waals surface area contributed by atoms with Crippen molar-refractivity contribution >= 4 is 29.9 Å². The van der Waals surface area contributed by atoms with Crippen molar-refractivity contribution in [2.75, 3.05) is 92.9 Å². The Bertz CT molecular complexity index is 392. The first-order valence-electron chi connectivity index (χ1n) is 9.73. The zero-order valence-electron chi connectivity index (χ0n) is 16.8. The van der Waals surface area contributed by atoms with Gasteiger partial charge in [0.05, 0.1) is 19.8 Å². The zero-order chi connectivity index (χ0) is 17.9. The highest BCUT2D eigenvalue weighted by atomic mass is 127. The lowest BCUT2D eigenvalue weighted by molar-refractivity contribution is 0.0536. The molecule has 26 heavy (non-hydrogen) atoms. The highest BCUT2D eigenvalue weighted by molar-refractivity contribution is 14.0. The van der Waals surface area contributed by atoms with Crippen molar-refractivity contribution in [2.24, 2.45) is 10.9 Å². The van der Waals surface area contributed by atoms with Crippen LogP contribution in [0.3, 0.4) is 0 Å². The third kappa shape index (κ3) is 8.24. The number of hydrogen-bond donors (Lipinski definition) is 1. The largest absolute Gasteiger partial charge is 0.382 e. The molecule has 1 N–H and O–H groups in total. The molecule has 0 saturated carbocycles. The highest BCUT2D eigenvalue weighted by Gasteiger charge is 2.25. The van der Waals surface area contributed by atoms with E-state index in [9.17, 15) is 0 Å². The smallest absolute Gasteiger partial charge is 0.193 e. The molecule has 2 fully saturated rings. The fourth-order valence-electron chi connectivity index (χ4n) is 3.54.